The molecule has 0 aliphatic rings. The number of ether oxygens (including phenoxy) is 1. The molecule has 1 N–H and O–H groups in total. The summed E-state index contributed by atoms with van der Waals surface area (Å²) in [4.78, 5) is 13.7. The average Bonchev–Trinajstić information content (AvgIpc) is 2.46. The predicted octanol–water partition coefficient (Wildman–Crippen LogP) is 3.04. The number of esters is 1. The van der Waals surface area contributed by atoms with Crippen molar-refractivity contribution in [2.75, 3.05) is 25.1 Å². The normalized spacial score (nSPS) is 11.3. The number of carbonyl (C=O) groups excluding carboxylic acids is 1. The van der Waals surface area contributed by atoms with E-state index in [2.05, 4.69) is 4.90 Å². The topological polar surface area (TPSA) is 49.8 Å². The molecule has 0 spiro atoms. The summed E-state index contributed by atoms with van der Waals surface area (Å²) in [5.41, 5.74) is 2.74. The molecule has 0 saturated heterocycles. The molecule has 0 aromatic heterocycles. The van der Waals surface area contributed by atoms with Crippen LogP contribution in [0.5, 0.6) is 5.75 Å². The zero-order chi connectivity index (χ0) is 15.1. The fraction of sp³-hybridized carbons (Fsp3) is 0.438. The second-order valence-corrected chi connectivity index (χ2v) is 4.58. The second-order valence-electron chi connectivity index (χ2n) is 4.58. The number of phenolic OH excluding ortho intramolecular Hbond substituents is 1. The molecule has 0 atom stereocenters. The number of rotatable bonds is 6. The van der Waals surface area contributed by atoms with E-state index in [1.807, 2.05) is 32.9 Å². The van der Waals surface area contributed by atoms with Crippen LogP contribution in [-0.2, 0) is 9.53 Å². The van der Waals surface area contributed by atoms with Gasteiger partial charge in [-0.1, -0.05) is 19.1 Å². The van der Waals surface area contributed by atoms with E-state index >= 15 is 0 Å². The highest BCUT2D eigenvalue weighted by Gasteiger charge is 2.10. The van der Waals surface area contributed by atoms with Crippen molar-refractivity contribution in [1.82, 2.24) is 0 Å². The lowest BCUT2D eigenvalue weighted by Crippen LogP contribution is -2.24. The number of aryl methyl sites for hydroxylation is 1. The van der Waals surface area contributed by atoms with Crippen molar-refractivity contribution in [3.8, 4) is 5.75 Å². The molecule has 20 heavy (non-hydrogen) atoms. The van der Waals surface area contributed by atoms with Gasteiger partial charge in [-0.25, -0.2) is 4.79 Å². The lowest BCUT2D eigenvalue weighted by Gasteiger charge is -2.24. The third kappa shape index (κ3) is 4.02. The fourth-order valence-corrected chi connectivity index (χ4v) is 2.06. The molecule has 1 aromatic rings. The van der Waals surface area contributed by atoms with Crippen molar-refractivity contribution in [1.29, 1.82) is 0 Å². The van der Waals surface area contributed by atoms with Gasteiger partial charge in [0.25, 0.3) is 0 Å². The van der Waals surface area contributed by atoms with Gasteiger partial charge in [0.1, 0.15) is 5.75 Å². The van der Waals surface area contributed by atoms with E-state index in [0.29, 0.717) is 18.5 Å². The lowest BCUT2D eigenvalue weighted by atomic mass is 10.1. The first kappa shape index (κ1) is 16.1. The maximum absolute atomic E-state index is 11.6. The van der Waals surface area contributed by atoms with Gasteiger partial charge in [-0.05, 0) is 31.9 Å². The minimum Gasteiger partial charge on any atom is -0.508 e. The maximum Gasteiger partial charge on any atom is 0.333 e. The standard InChI is InChI=1S/C16H23NO3/c1-5-13(16(19)20-4)9-10-17(6-2)15-11-14(18)8-7-12(15)3/h7-9,11,18H,5-6,10H2,1-4H3/b13-9-. The molecular formula is C16H23NO3. The van der Waals surface area contributed by atoms with Crippen LogP contribution in [0.4, 0.5) is 5.69 Å². The van der Waals surface area contributed by atoms with E-state index in [4.69, 9.17) is 4.74 Å². The van der Waals surface area contributed by atoms with Crippen molar-refractivity contribution in [3.63, 3.8) is 0 Å². The smallest absolute Gasteiger partial charge is 0.333 e. The van der Waals surface area contributed by atoms with Crippen LogP contribution in [-0.4, -0.2) is 31.3 Å². The van der Waals surface area contributed by atoms with Crippen LogP contribution in [0, 0.1) is 6.92 Å². The maximum atomic E-state index is 11.6. The number of carbonyl (C=O) groups is 1. The summed E-state index contributed by atoms with van der Waals surface area (Å²) >= 11 is 0. The highest BCUT2D eigenvalue weighted by molar-refractivity contribution is 5.88. The Hall–Kier alpha value is -1.97. The third-order valence-electron chi connectivity index (χ3n) is 3.30. The zero-order valence-corrected chi connectivity index (χ0v) is 12.6. The molecule has 0 heterocycles. The largest absolute Gasteiger partial charge is 0.508 e. The molecule has 0 aliphatic heterocycles. The van der Waals surface area contributed by atoms with Crippen LogP contribution in [0.15, 0.2) is 29.8 Å². The van der Waals surface area contributed by atoms with Gasteiger partial charge in [-0.2, -0.15) is 0 Å². The molecule has 0 aliphatic carbocycles. The summed E-state index contributed by atoms with van der Waals surface area (Å²) < 4.78 is 4.75. The molecule has 0 amide bonds. The van der Waals surface area contributed by atoms with Crippen LogP contribution < -0.4 is 4.90 Å². The third-order valence-corrected chi connectivity index (χ3v) is 3.30. The van der Waals surface area contributed by atoms with Gasteiger partial charge in [0, 0.05) is 30.4 Å². The molecule has 0 radical (unpaired) electrons. The minimum absolute atomic E-state index is 0.247. The van der Waals surface area contributed by atoms with Gasteiger partial charge in [0.15, 0.2) is 0 Å². The van der Waals surface area contributed by atoms with Gasteiger partial charge in [0.05, 0.1) is 7.11 Å². The molecule has 0 unspecified atom stereocenters. The Bertz CT molecular complexity index is 494. The van der Waals surface area contributed by atoms with E-state index < -0.39 is 0 Å². The summed E-state index contributed by atoms with van der Waals surface area (Å²) in [6.45, 7) is 7.37. The Morgan fingerprint density at radius 3 is 2.65 bits per heavy atom. The quantitative estimate of drug-likeness (QED) is 0.641. The first-order valence-electron chi connectivity index (χ1n) is 6.85. The van der Waals surface area contributed by atoms with Crippen LogP contribution in [0.2, 0.25) is 0 Å². The van der Waals surface area contributed by atoms with Crippen LogP contribution in [0.3, 0.4) is 0 Å². The second kappa shape index (κ2) is 7.58. The summed E-state index contributed by atoms with van der Waals surface area (Å²) in [7, 11) is 1.39. The number of likely N-dealkylation sites (N-methyl/N-ethyl adjacent to an activating group) is 1. The molecule has 0 fully saturated rings. The first-order chi connectivity index (χ1) is 9.53. The van der Waals surface area contributed by atoms with Gasteiger partial charge < -0.3 is 14.7 Å². The van der Waals surface area contributed by atoms with Crippen molar-refractivity contribution < 1.29 is 14.6 Å². The predicted molar refractivity (Wildman–Crippen MR) is 81.1 cm³/mol. The molecule has 1 rings (SSSR count). The number of anilines is 1. The highest BCUT2D eigenvalue weighted by Crippen LogP contribution is 2.25. The summed E-state index contributed by atoms with van der Waals surface area (Å²) in [5.74, 6) is -0.0344. The molecule has 110 valence electrons. The van der Waals surface area contributed by atoms with Crippen molar-refractivity contribution in [3.05, 3.63) is 35.4 Å². The van der Waals surface area contributed by atoms with Crippen molar-refractivity contribution >= 4 is 11.7 Å². The van der Waals surface area contributed by atoms with Crippen molar-refractivity contribution in [2.24, 2.45) is 0 Å². The average molecular weight is 277 g/mol. The zero-order valence-electron chi connectivity index (χ0n) is 12.6. The van der Waals surface area contributed by atoms with E-state index in [1.165, 1.54) is 7.11 Å². The molecule has 4 nitrogen and oxygen atoms in total. The number of nitrogens with zero attached hydrogens (tertiary/aromatic N) is 1. The van der Waals surface area contributed by atoms with Crippen molar-refractivity contribution in [2.45, 2.75) is 27.2 Å². The number of methoxy groups -OCH3 is 1. The minimum atomic E-state index is -0.281. The Morgan fingerprint density at radius 1 is 1.40 bits per heavy atom. The monoisotopic (exact) mass is 277 g/mol. The number of aromatic hydroxyl groups is 1. The molecular weight excluding hydrogens is 254 g/mol. The van der Waals surface area contributed by atoms with Gasteiger partial charge >= 0.3 is 5.97 Å². The SMILES string of the molecule is CC/C(=C/CN(CC)c1cc(O)ccc1C)C(=O)OC. The number of phenols is 1. The molecule has 4 heteroatoms. The van der Waals surface area contributed by atoms with Crippen LogP contribution >= 0.6 is 0 Å². The van der Waals surface area contributed by atoms with Crippen LogP contribution in [0.1, 0.15) is 25.8 Å². The number of hydrogen-bond donors (Lipinski definition) is 1. The Morgan fingerprint density at radius 2 is 2.10 bits per heavy atom. The summed E-state index contributed by atoms with van der Waals surface area (Å²) in [6, 6.07) is 5.31. The Kier molecular flexibility index (Phi) is 6.10. The van der Waals surface area contributed by atoms with E-state index in [9.17, 15) is 9.90 Å². The first-order valence-corrected chi connectivity index (χ1v) is 6.85. The van der Waals surface area contributed by atoms with Crippen LogP contribution in [0.25, 0.3) is 0 Å². The highest BCUT2D eigenvalue weighted by atomic mass is 16.5. The van der Waals surface area contributed by atoms with Gasteiger partial charge in [-0.15, -0.1) is 0 Å². The summed E-state index contributed by atoms with van der Waals surface area (Å²) in [6.07, 6.45) is 2.53. The molecule has 0 bridgehead atoms. The van der Waals surface area contributed by atoms with Gasteiger partial charge in [-0.3, -0.25) is 0 Å². The molecule has 1 aromatic carbocycles. The number of benzene rings is 1. The number of hydrogen-bond acceptors (Lipinski definition) is 4. The van der Waals surface area contributed by atoms with E-state index in [0.717, 1.165) is 17.8 Å². The van der Waals surface area contributed by atoms with E-state index in [-0.39, 0.29) is 11.7 Å². The Balaban J connectivity index is 2.94. The lowest BCUT2D eigenvalue weighted by molar-refractivity contribution is -0.136. The fourth-order valence-electron chi connectivity index (χ4n) is 2.06. The molecule has 0 saturated carbocycles. The van der Waals surface area contributed by atoms with Gasteiger partial charge in [0.2, 0.25) is 0 Å². The summed E-state index contributed by atoms with van der Waals surface area (Å²) in [5, 5.41) is 9.62. The Labute approximate surface area is 120 Å². The van der Waals surface area contributed by atoms with E-state index in [1.54, 1.807) is 12.1 Å².